The van der Waals surface area contributed by atoms with Gasteiger partial charge in [0.15, 0.2) is 0 Å². The van der Waals surface area contributed by atoms with Gasteiger partial charge in [0.2, 0.25) is 5.91 Å². The van der Waals surface area contributed by atoms with Gasteiger partial charge in [-0.05, 0) is 49.2 Å². The smallest absolute Gasteiger partial charge is 0.251 e. The van der Waals surface area contributed by atoms with Crippen LogP contribution in [-0.4, -0.2) is 39.5 Å². The molecule has 0 radical (unpaired) electrons. The summed E-state index contributed by atoms with van der Waals surface area (Å²) in [6, 6.07) is 14.8. The number of hydrogen-bond acceptors (Lipinski definition) is 5. The molecule has 2 heterocycles. The van der Waals surface area contributed by atoms with Crippen molar-refractivity contribution in [2.75, 3.05) is 12.4 Å². The summed E-state index contributed by atoms with van der Waals surface area (Å²) >= 11 is 0. The van der Waals surface area contributed by atoms with Crippen molar-refractivity contribution in [1.29, 1.82) is 0 Å². The van der Waals surface area contributed by atoms with E-state index in [-0.39, 0.29) is 17.9 Å². The van der Waals surface area contributed by atoms with Crippen LogP contribution in [0, 0.1) is 0 Å². The van der Waals surface area contributed by atoms with Crippen LogP contribution in [0.3, 0.4) is 0 Å². The van der Waals surface area contributed by atoms with E-state index in [0.29, 0.717) is 34.8 Å². The molecule has 34 heavy (non-hydrogen) atoms. The van der Waals surface area contributed by atoms with E-state index in [4.69, 9.17) is 9.72 Å². The highest BCUT2D eigenvalue weighted by molar-refractivity contribution is 6.05. The molecule has 4 rings (SSSR count). The molecule has 2 amide bonds. The van der Waals surface area contributed by atoms with E-state index < -0.39 is 0 Å². The molecule has 0 spiro atoms. The first-order valence-corrected chi connectivity index (χ1v) is 11.0. The Morgan fingerprint density at radius 3 is 2.65 bits per heavy atom. The van der Waals surface area contributed by atoms with Crippen LogP contribution < -0.4 is 15.4 Å². The lowest BCUT2D eigenvalue weighted by Crippen LogP contribution is -2.34. The molecular weight excluding hydrogens is 430 g/mol. The monoisotopic (exact) mass is 457 g/mol. The number of carbonyl (C=O) groups excluding carboxylic acids is 2. The lowest BCUT2D eigenvalue weighted by Gasteiger charge is -2.15. The minimum Gasteiger partial charge on any atom is -0.496 e. The van der Waals surface area contributed by atoms with Gasteiger partial charge in [-0.3, -0.25) is 14.6 Å². The van der Waals surface area contributed by atoms with Crippen molar-refractivity contribution < 1.29 is 14.3 Å². The Morgan fingerprint density at radius 1 is 1.15 bits per heavy atom. The van der Waals surface area contributed by atoms with E-state index in [1.807, 2.05) is 54.9 Å². The molecule has 2 aromatic carbocycles. The fraction of sp³-hybridized carbons (Fsp3) is 0.231. The first kappa shape index (κ1) is 23.0. The molecule has 0 unspecified atom stereocenters. The summed E-state index contributed by atoms with van der Waals surface area (Å²) in [5.74, 6) is 0.879. The molecule has 0 saturated heterocycles. The van der Waals surface area contributed by atoms with Crippen LogP contribution in [-0.2, 0) is 18.3 Å². The van der Waals surface area contributed by atoms with Gasteiger partial charge in [-0.25, -0.2) is 4.98 Å². The Morgan fingerprint density at radius 2 is 1.94 bits per heavy atom. The number of fused-ring (bicyclic) bond motifs is 1. The Labute approximate surface area is 198 Å². The molecule has 0 aliphatic rings. The zero-order valence-corrected chi connectivity index (χ0v) is 19.6. The minimum atomic E-state index is -0.241. The zero-order chi connectivity index (χ0) is 24.2. The number of methoxy groups -OCH3 is 1. The summed E-state index contributed by atoms with van der Waals surface area (Å²) in [4.78, 5) is 34.0. The first-order valence-electron chi connectivity index (χ1n) is 11.0. The Balaban J connectivity index is 1.72. The number of para-hydroxylation sites is 1. The number of carbonyl (C=O) groups is 2. The van der Waals surface area contributed by atoms with Crippen molar-refractivity contribution >= 4 is 28.5 Å². The Kier molecular flexibility index (Phi) is 6.58. The Bertz CT molecular complexity index is 1350. The number of nitrogens with zero attached hydrogens (tertiary/aromatic N) is 3. The van der Waals surface area contributed by atoms with Gasteiger partial charge >= 0.3 is 0 Å². The maximum Gasteiger partial charge on any atom is 0.251 e. The summed E-state index contributed by atoms with van der Waals surface area (Å²) in [6.07, 6.45) is 4.16. The summed E-state index contributed by atoms with van der Waals surface area (Å²) in [7, 11) is 3.48. The number of aryl methyl sites for hydroxylation is 1. The highest BCUT2D eigenvalue weighted by Gasteiger charge is 2.20. The molecule has 0 saturated carbocycles. The van der Waals surface area contributed by atoms with Gasteiger partial charge in [-0.1, -0.05) is 18.2 Å². The van der Waals surface area contributed by atoms with Crippen molar-refractivity contribution in [2.45, 2.75) is 26.3 Å². The molecule has 2 N–H and O–H groups in total. The van der Waals surface area contributed by atoms with Gasteiger partial charge in [0.05, 0.1) is 29.4 Å². The highest BCUT2D eigenvalue weighted by Crippen LogP contribution is 2.34. The third-order valence-electron chi connectivity index (χ3n) is 5.53. The number of pyridine rings is 1. The first-order chi connectivity index (χ1) is 16.4. The Hall–Kier alpha value is -4.20. The van der Waals surface area contributed by atoms with Crippen molar-refractivity contribution in [1.82, 2.24) is 19.9 Å². The SMILES string of the molecule is COc1ccccc1-c1nc2cc(C(=O)N[C@H](C)Cc3cccnc3)cc(NC(C)=O)c2n1C. The molecule has 0 aliphatic carbocycles. The predicted octanol–water partition coefficient (Wildman–Crippen LogP) is 3.96. The van der Waals surface area contributed by atoms with Crippen LogP contribution in [0.2, 0.25) is 0 Å². The second-order valence-electron chi connectivity index (χ2n) is 8.21. The van der Waals surface area contributed by atoms with Gasteiger partial charge in [0.1, 0.15) is 11.6 Å². The van der Waals surface area contributed by atoms with Crippen LogP contribution in [0.5, 0.6) is 5.75 Å². The number of ether oxygens (including phenoxy) is 1. The maximum atomic E-state index is 13.1. The van der Waals surface area contributed by atoms with Crippen molar-refractivity contribution in [3.05, 3.63) is 72.1 Å². The van der Waals surface area contributed by atoms with E-state index in [2.05, 4.69) is 15.6 Å². The molecule has 8 heteroatoms. The zero-order valence-electron chi connectivity index (χ0n) is 19.6. The van der Waals surface area contributed by atoms with Crippen molar-refractivity contribution in [3.8, 4) is 17.1 Å². The largest absolute Gasteiger partial charge is 0.496 e. The lowest BCUT2D eigenvalue weighted by atomic mass is 10.1. The van der Waals surface area contributed by atoms with Gasteiger partial charge in [0, 0.05) is 38.0 Å². The molecule has 1 atom stereocenters. The molecule has 0 fully saturated rings. The predicted molar refractivity (Wildman–Crippen MR) is 132 cm³/mol. The number of amides is 2. The third kappa shape index (κ3) is 4.76. The van der Waals surface area contributed by atoms with E-state index in [1.165, 1.54) is 6.92 Å². The van der Waals surface area contributed by atoms with Crippen LogP contribution >= 0.6 is 0 Å². The van der Waals surface area contributed by atoms with Crippen molar-refractivity contribution in [3.63, 3.8) is 0 Å². The van der Waals surface area contributed by atoms with Crippen LogP contribution in [0.4, 0.5) is 5.69 Å². The number of rotatable bonds is 7. The lowest BCUT2D eigenvalue weighted by molar-refractivity contribution is -0.114. The average Bonchev–Trinajstić information content (AvgIpc) is 3.15. The van der Waals surface area contributed by atoms with Crippen LogP contribution in [0.1, 0.15) is 29.8 Å². The molecule has 0 aliphatic heterocycles. The van der Waals surface area contributed by atoms with Gasteiger partial charge < -0.3 is 19.9 Å². The normalized spacial score (nSPS) is 11.8. The molecule has 2 aromatic heterocycles. The summed E-state index contributed by atoms with van der Waals surface area (Å²) < 4.78 is 7.40. The van der Waals surface area contributed by atoms with E-state index in [9.17, 15) is 9.59 Å². The quantitative estimate of drug-likeness (QED) is 0.438. The maximum absolute atomic E-state index is 13.1. The molecule has 4 aromatic rings. The number of imidazole rings is 1. The number of aromatic nitrogens is 3. The van der Waals surface area contributed by atoms with Gasteiger partial charge in [-0.15, -0.1) is 0 Å². The summed E-state index contributed by atoms with van der Waals surface area (Å²) in [5, 5.41) is 5.88. The van der Waals surface area contributed by atoms with Crippen molar-refractivity contribution in [2.24, 2.45) is 7.05 Å². The number of hydrogen-bond donors (Lipinski definition) is 2. The van der Waals surface area contributed by atoms with Gasteiger partial charge in [0.25, 0.3) is 5.91 Å². The highest BCUT2D eigenvalue weighted by atomic mass is 16.5. The fourth-order valence-corrected chi connectivity index (χ4v) is 4.07. The third-order valence-corrected chi connectivity index (χ3v) is 5.53. The van der Waals surface area contributed by atoms with E-state index in [1.54, 1.807) is 31.6 Å². The molecule has 8 nitrogen and oxygen atoms in total. The number of nitrogens with one attached hydrogen (secondary N) is 2. The topological polar surface area (TPSA) is 98.1 Å². The van der Waals surface area contributed by atoms with Crippen LogP contribution in [0.25, 0.3) is 22.4 Å². The number of benzene rings is 2. The standard InChI is InChI=1S/C26H27N5O3/c1-16(12-18-8-7-11-27-15-18)28-26(33)19-13-21(29-17(2)32)24-22(14-19)30-25(31(24)3)20-9-5-6-10-23(20)34-4/h5-11,13-16H,12H2,1-4H3,(H,28,33)(H,29,32)/t16-/m1/s1. The minimum absolute atomic E-state index is 0.107. The second-order valence-corrected chi connectivity index (χ2v) is 8.21. The van der Waals surface area contributed by atoms with Gasteiger partial charge in [-0.2, -0.15) is 0 Å². The van der Waals surface area contributed by atoms with Crippen LogP contribution in [0.15, 0.2) is 60.9 Å². The summed E-state index contributed by atoms with van der Waals surface area (Å²) in [5.41, 5.74) is 4.10. The summed E-state index contributed by atoms with van der Waals surface area (Å²) in [6.45, 7) is 3.38. The fourth-order valence-electron chi connectivity index (χ4n) is 4.07. The molecule has 174 valence electrons. The van der Waals surface area contributed by atoms with E-state index in [0.717, 1.165) is 16.6 Å². The second kappa shape index (κ2) is 9.74. The molecular formula is C26H27N5O3. The average molecular weight is 458 g/mol. The number of anilines is 1. The molecule has 0 bridgehead atoms. The van der Waals surface area contributed by atoms with E-state index >= 15 is 0 Å².